The third kappa shape index (κ3) is 9.57. The summed E-state index contributed by atoms with van der Waals surface area (Å²) in [5, 5.41) is 4.04. The van der Waals surface area contributed by atoms with Crippen molar-refractivity contribution in [3.05, 3.63) is 53.3 Å². The van der Waals surface area contributed by atoms with Crippen molar-refractivity contribution < 1.29 is 41.5 Å². The maximum absolute atomic E-state index is 13.2. The van der Waals surface area contributed by atoms with Gasteiger partial charge >= 0.3 is 12.3 Å². The molecule has 3 aromatic rings. The molecule has 278 valence electrons. The highest BCUT2D eigenvalue weighted by Gasteiger charge is 2.62. The summed E-state index contributed by atoms with van der Waals surface area (Å²) in [5.74, 6) is -0.195. The van der Waals surface area contributed by atoms with Crippen LogP contribution in [0.5, 0.6) is 11.8 Å². The molecule has 17 heteroatoms. The third-order valence-electron chi connectivity index (χ3n) is 8.87. The molecule has 4 heterocycles. The maximum Gasteiger partial charge on any atom is 0.410 e. The van der Waals surface area contributed by atoms with E-state index in [1.165, 1.54) is 35.1 Å². The van der Waals surface area contributed by atoms with Gasteiger partial charge in [-0.25, -0.2) is 14.5 Å². The highest BCUT2D eigenvalue weighted by atomic mass is 35.5. The number of hydrogen-bond donors (Lipinski definition) is 1. The molecule has 1 aliphatic heterocycles. The molecule has 2 atom stereocenters. The Hall–Kier alpha value is -3.76. The number of amides is 2. The van der Waals surface area contributed by atoms with Crippen molar-refractivity contribution in [2.24, 2.45) is 5.41 Å². The minimum atomic E-state index is -4.25. The number of halogens is 4. The first-order valence-corrected chi connectivity index (χ1v) is 18.2. The molecule has 3 aromatic heterocycles. The van der Waals surface area contributed by atoms with Crippen molar-refractivity contribution in [2.45, 2.75) is 108 Å². The quantitative estimate of drug-likeness (QED) is 0.109. The Balaban J connectivity index is 1.10. The van der Waals surface area contributed by atoms with Crippen LogP contribution in [-0.2, 0) is 16.1 Å². The molecule has 2 fully saturated rings. The summed E-state index contributed by atoms with van der Waals surface area (Å²) in [5.41, 5.74) is -2.63. The largest absolute Gasteiger partial charge is 0.587 e. The van der Waals surface area contributed by atoms with Gasteiger partial charge in [-0.05, 0) is 91.7 Å². The number of hydrogen-bond acceptors (Lipinski definition) is 9. The average molecular weight is 755 g/mol. The Kier molecular flexibility index (Phi) is 11.4. The molecule has 5 rings (SSSR count). The zero-order valence-corrected chi connectivity index (χ0v) is 30.7. The van der Waals surface area contributed by atoms with Crippen LogP contribution in [0.1, 0.15) is 89.9 Å². The Bertz CT molecular complexity index is 1710. The van der Waals surface area contributed by atoms with Gasteiger partial charge in [-0.1, -0.05) is 17.7 Å². The lowest BCUT2D eigenvalue weighted by Gasteiger charge is -2.37. The molecule has 2 unspecified atom stereocenters. The fourth-order valence-electron chi connectivity index (χ4n) is 5.92. The second-order valence-corrected chi connectivity index (χ2v) is 15.9. The summed E-state index contributed by atoms with van der Waals surface area (Å²) in [6.45, 7) is 9.78. The maximum atomic E-state index is 13.2. The van der Waals surface area contributed by atoms with Gasteiger partial charge in [-0.15, -0.1) is 5.10 Å². The molecule has 0 spiro atoms. The van der Waals surface area contributed by atoms with Crippen molar-refractivity contribution in [2.75, 3.05) is 13.2 Å². The van der Waals surface area contributed by atoms with Crippen molar-refractivity contribution in [3.63, 3.8) is 0 Å². The van der Waals surface area contributed by atoms with E-state index < -0.39 is 34.5 Å². The van der Waals surface area contributed by atoms with Gasteiger partial charge in [0.05, 0.1) is 24.2 Å². The predicted molar refractivity (Wildman–Crippen MR) is 182 cm³/mol. The van der Waals surface area contributed by atoms with Crippen LogP contribution in [0, 0.1) is 5.41 Å². The summed E-state index contributed by atoms with van der Waals surface area (Å²) in [6.07, 6.45) is 0.0347. The Labute approximate surface area is 302 Å². The number of carbonyl (C=O) groups is 2. The summed E-state index contributed by atoms with van der Waals surface area (Å²) in [4.78, 5) is 36.2. The van der Waals surface area contributed by atoms with E-state index in [1.807, 2.05) is 39.5 Å². The van der Waals surface area contributed by atoms with Crippen LogP contribution in [0.4, 0.5) is 18.0 Å². The molecular weight excluding hydrogens is 713 g/mol. The molecule has 0 radical (unpaired) electrons. The molecule has 51 heavy (non-hydrogen) atoms. The second kappa shape index (κ2) is 15.1. The second-order valence-electron chi connectivity index (χ2n) is 14.3. The first-order valence-electron chi connectivity index (χ1n) is 16.6. The van der Waals surface area contributed by atoms with E-state index in [4.69, 9.17) is 25.8 Å². The molecule has 1 saturated carbocycles. The number of aromatic nitrogens is 4. The van der Waals surface area contributed by atoms with Gasteiger partial charge in [-0.2, -0.15) is 22.9 Å². The smallest absolute Gasteiger partial charge is 0.410 e. The number of nitrogens with one attached hydrogen (secondary N) is 1. The molecule has 1 aliphatic carbocycles. The van der Waals surface area contributed by atoms with Crippen LogP contribution in [0.15, 0.2) is 47.6 Å². The van der Waals surface area contributed by atoms with Gasteiger partial charge in [-0.3, -0.25) is 4.79 Å². The van der Waals surface area contributed by atoms with E-state index in [2.05, 4.69) is 19.8 Å². The highest BCUT2D eigenvalue weighted by Crippen LogP contribution is 2.59. The van der Waals surface area contributed by atoms with E-state index >= 15 is 0 Å². The van der Waals surface area contributed by atoms with E-state index in [0.29, 0.717) is 19.4 Å². The number of ether oxygens (including phenoxy) is 3. The Morgan fingerprint density at radius 1 is 1.04 bits per heavy atom. The fraction of sp³-hybridized carbons (Fsp3) is 0.559. The first-order chi connectivity index (χ1) is 23.9. The molecule has 2 aliphatic rings. The lowest BCUT2D eigenvalue weighted by molar-refractivity contribution is -0.190. The lowest BCUT2D eigenvalue weighted by atomic mass is 10.0. The minimum Gasteiger partial charge on any atom is -0.587 e. The van der Waals surface area contributed by atoms with Gasteiger partial charge in [0.25, 0.3) is 10.9 Å². The van der Waals surface area contributed by atoms with E-state index in [-0.39, 0.29) is 76.9 Å². The molecule has 1 N–H and O–H groups in total. The molecule has 12 nitrogen and oxygen atoms in total. The van der Waals surface area contributed by atoms with Crippen LogP contribution < -0.4 is 14.2 Å². The van der Waals surface area contributed by atoms with E-state index in [1.54, 1.807) is 12.1 Å². The number of likely N-dealkylation sites (tertiary alicyclic amines) is 1. The molecule has 2 amide bonds. The fourth-order valence-corrected chi connectivity index (χ4v) is 6.91. The third-order valence-corrected chi connectivity index (χ3v) is 10.1. The van der Waals surface area contributed by atoms with Gasteiger partial charge in [0, 0.05) is 36.0 Å². The zero-order chi connectivity index (χ0) is 37.2. The number of rotatable bonds is 13. The normalized spacial score (nSPS) is 18.6. The van der Waals surface area contributed by atoms with Crippen LogP contribution in [0.25, 0.3) is 5.82 Å². The first kappa shape index (κ1) is 38.5. The topological polar surface area (TPSA) is 144 Å². The lowest BCUT2D eigenvalue weighted by Crippen LogP contribution is -2.49. The van der Waals surface area contributed by atoms with Crippen molar-refractivity contribution in [1.82, 2.24) is 29.4 Å². The molecular formula is C34H42ClF3N6O6S. The van der Waals surface area contributed by atoms with Crippen molar-refractivity contribution in [3.8, 4) is 17.6 Å². The summed E-state index contributed by atoms with van der Waals surface area (Å²) in [6, 6.07) is 9.03. The van der Waals surface area contributed by atoms with Crippen molar-refractivity contribution in [1.29, 1.82) is 0 Å². The van der Waals surface area contributed by atoms with Crippen LogP contribution in [0.2, 0.25) is 5.15 Å². The summed E-state index contributed by atoms with van der Waals surface area (Å²) < 4.78 is 73.0. The van der Waals surface area contributed by atoms with Gasteiger partial charge in [0.2, 0.25) is 11.8 Å². The van der Waals surface area contributed by atoms with E-state index in [0.717, 1.165) is 12.8 Å². The molecule has 1 saturated heterocycles. The SMILES string of the molecule is CC(C)(C)OC(=O)N1C(CCCOc2cccc([S+]([O-])NC(=O)c3ccc(-n4ccc(OCCC5(C(F)(F)F)CC5)n4)nc3Cl)n2)CCC1(C)C. The zero-order valence-electron chi connectivity index (χ0n) is 29.1. The number of carbonyl (C=O) groups excluding carboxylic acids is 2. The van der Waals surface area contributed by atoms with Crippen LogP contribution in [-0.4, -0.2) is 77.8 Å². The van der Waals surface area contributed by atoms with Gasteiger partial charge in [0.15, 0.2) is 5.82 Å². The number of alkyl halides is 3. The number of nitrogens with zero attached hydrogens (tertiary/aromatic N) is 5. The standard InChI is InChI=1S/C34H42ClF3N6O6S/c1-31(2,3)50-30(46)44-22(13-15-32(44,4)5)8-7-20-48-25-9-6-10-27(40-25)51(47)42-29(45)23-11-12-24(39-28(23)35)43-19-14-26(41-43)49-21-18-33(16-17-33)34(36,37)38/h6,9-12,14,19,22H,7-8,13,15-18,20-21H2,1-5H3,(H,42,45). The minimum absolute atomic E-state index is 0.0151. The van der Waals surface area contributed by atoms with Crippen molar-refractivity contribution >= 4 is 35.0 Å². The monoisotopic (exact) mass is 754 g/mol. The highest BCUT2D eigenvalue weighted by molar-refractivity contribution is 7.90. The van der Waals surface area contributed by atoms with Crippen LogP contribution in [0.3, 0.4) is 0 Å². The molecule has 0 aromatic carbocycles. The Morgan fingerprint density at radius 3 is 2.43 bits per heavy atom. The van der Waals surface area contributed by atoms with Gasteiger partial charge < -0.3 is 23.7 Å². The average Bonchev–Trinajstić information content (AvgIpc) is 3.58. The van der Waals surface area contributed by atoms with Crippen LogP contribution >= 0.6 is 11.6 Å². The molecule has 0 bridgehead atoms. The summed E-state index contributed by atoms with van der Waals surface area (Å²) in [7, 11) is 0. The van der Waals surface area contributed by atoms with Gasteiger partial charge in [0.1, 0.15) is 22.1 Å². The number of pyridine rings is 2. The predicted octanol–water partition coefficient (Wildman–Crippen LogP) is 7.22. The summed E-state index contributed by atoms with van der Waals surface area (Å²) >= 11 is 4.24. The Morgan fingerprint density at radius 2 is 1.76 bits per heavy atom. The van der Waals surface area contributed by atoms with E-state index in [9.17, 15) is 27.3 Å².